The molecule has 2 aromatic rings. The summed E-state index contributed by atoms with van der Waals surface area (Å²) in [6, 6.07) is 7.93. The average Bonchev–Trinajstić information content (AvgIpc) is 2.86. The van der Waals surface area contributed by atoms with Crippen molar-refractivity contribution in [1.29, 1.82) is 0 Å². The number of quaternary nitrogens is 1. The van der Waals surface area contributed by atoms with Crippen LogP contribution in [-0.4, -0.2) is 72.6 Å². The third-order valence-corrected chi connectivity index (χ3v) is 6.88. The van der Waals surface area contributed by atoms with Crippen LogP contribution in [0.25, 0.3) is 0 Å². The van der Waals surface area contributed by atoms with E-state index in [0.29, 0.717) is 12.3 Å². The topological polar surface area (TPSA) is 150 Å². The number of nitrogens with one attached hydrogen (secondary N) is 3. The largest absolute Gasteiger partial charge is 0.484 e. The molecule has 0 saturated carbocycles. The van der Waals surface area contributed by atoms with E-state index in [1.807, 2.05) is 30.5 Å². The van der Waals surface area contributed by atoms with Crippen LogP contribution in [0, 0.1) is 0 Å². The fourth-order valence-corrected chi connectivity index (χ4v) is 4.58. The van der Waals surface area contributed by atoms with Crippen molar-refractivity contribution in [3.05, 3.63) is 40.7 Å². The van der Waals surface area contributed by atoms with Gasteiger partial charge in [-0.15, -0.1) is 0 Å². The zero-order valence-corrected chi connectivity index (χ0v) is 22.1. The molecule has 1 saturated heterocycles. The number of benzene rings is 1. The standard InChI is InChI=1S/C24H34ClN7O3S/c1-36-13-10-28-19(33)15-35-18-8-6-16(7-9-18)4-2-11-32-12-3-5-17(14-32)29-24(34)20-22(26)31-23(27)21(25)30-20/h6-9,17H,2-5,10-15H2,1H3,(H,28,33)(H,29,34)(H4,26,27,31)/p+1/t17-/m0/s1. The van der Waals surface area contributed by atoms with Gasteiger partial charge in [-0.3, -0.25) is 9.59 Å². The van der Waals surface area contributed by atoms with E-state index >= 15 is 0 Å². The Labute approximate surface area is 220 Å². The van der Waals surface area contributed by atoms with Crippen molar-refractivity contribution >= 4 is 46.8 Å². The average molecular weight is 537 g/mol. The van der Waals surface area contributed by atoms with Crippen LogP contribution >= 0.6 is 23.4 Å². The van der Waals surface area contributed by atoms with Gasteiger partial charge in [-0.1, -0.05) is 23.7 Å². The van der Waals surface area contributed by atoms with Crippen molar-refractivity contribution in [2.24, 2.45) is 0 Å². The quantitative estimate of drug-likeness (QED) is 0.247. The van der Waals surface area contributed by atoms with Crippen LogP contribution in [0.1, 0.15) is 35.3 Å². The van der Waals surface area contributed by atoms with Gasteiger partial charge in [0, 0.05) is 18.7 Å². The number of thioether (sulfide) groups is 1. The van der Waals surface area contributed by atoms with Gasteiger partial charge in [-0.25, -0.2) is 9.97 Å². The number of anilines is 2. The first-order valence-electron chi connectivity index (χ1n) is 12.1. The maximum Gasteiger partial charge on any atom is 0.274 e. The molecule has 1 unspecified atom stereocenters. The van der Waals surface area contributed by atoms with Crippen molar-refractivity contribution in [2.75, 3.05) is 56.3 Å². The fourth-order valence-electron chi connectivity index (χ4n) is 4.15. The first kappa shape index (κ1) is 27.8. The number of halogens is 1. The van der Waals surface area contributed by atoms with E-state index in [0.717, 1.165) is 51.1 Å². The Morgan fingerprint density at radius 2 is 2.00 bits per heavy atom. The number of nitrogens with zero attached hydrogens (tertiary/aromatic N) is 2. The third-order valence-electron chi connectivity index (χ3n) is 5.99. The van der Waals surface area contributed by atoms with Gasteiger partial charge in [-0.05, 0) is 43.2 Å². The number of hydrogen-bond acceptors (Lipinski definition) is 8. The number of nitrogen functional groups attached to an aromatic ring is 2. The summed E-state index contributed by atoms with van der Waals surface area (Å²) >= 11 is 7.59. The summed E-state index contributed by atoms with van der Waals surface area (Å²) in [7, 11) is 0. The summed E-state index contributed by atoms with van der Waals surface area (Å²) in [6.07, 6.45) is 5.91. The van der Waals surface area contributed by atoms with E-state index in [1.165, 1.54) is 10.5 Å². The lowest BCUT2D eigenvalue weighted by Gasteiger charge is -2.30. The maximum atomic E-state index is 12.6. The molecule has 1 aromatic heterocycles. The minimum atomic E-state index is -0.382. The Kier molecular flexibility index (Phi) is 10.9. The van der Waals surface area contributed by atoms with Crippen molar-refractivity contribution in [3.63, 3.8) is 0 Å². The molecule has 196 valence electrons. The van der Waals surface area contributed by atoms with E-state index in [2.05, 4.69) is 20.6 Å². The number of nitrogens with two attached hydrogens (primary N) is 2. The van der Waals surface area contributed by atoms with Crippen LogP contribution in [0.5, 0.6) is 5.75 Å². The fraction of sp³-hybridized carbons (Fsp3) is 0.500. The molecular formula is C24H35ClN7O3S+. The first-order chi connectivity index (χ1) is 17.4. The van der Waals surface area contributed by atoms with Crippen LogP contribution < -0.4 is 31.7 Å². The Hall–Kier alpha value is -2.76. The first-order valence-corrected chi connectivity index (χ1v) is 13.8. The number of aromatic nitrogens is 2. The summed E-state index contributed by atoms with van der Waals surface area (Å²) in [5.41, 5.74) is 12.6. The zero-order chi connectivity index (χ0) is 25.9. The Bertz CT molecular complexity index is 1030. The highest BCUT2D eigenvalue weighted by atomic mass is 35.5. The summed E-state index contributed by atoms with van der Waals surface area (Å²) in [5, 5.41) is 5.81. The highest BCUT2D eigenvalue weighted by Gasteiger charge is 2.26. The van der Waals surface area contributed by atoms with E-state index in [-0.39, 0.29) is 46.9 Å². The number of carbonyl (C=O) groups is 2. The highest BCUT2D eigenvalue weighted by molar-refractivity contribution is 7.98. The third kappa shape index (κ3) is 8.72. The molecule has 1 fully saturated rings. The summed E-state index contributed by atoms with van der Waals surface area (Å²) < 4.78 is 5.56. The molecule has 7 N–H and O–H groups in total. The number of piperidine rings is 1. The highest BCUT2D eigenvalue weighted by Crippen LogP contribution is 2.17. The predicted molar refractivity (Wildman–Crippen MR) is 144 cm³/mol. The number of carbonyl (C=O) groups excluding carboxylic acids is 2. The summed E-state index contributed by atoms with van der Waals surface area (Å²) in [4.78, 5) is 33.7. The van der Waals surface area contributed by atoms with Gasteiger partial charge in [0.2, 0.25) is 0 Å². The van der Waals surface area contributed by atoms with E-state index in [9.17, 15) is 9.59 Å². The second-order valence-corrected chi connectivity index (χ2v) is 10.1. The number of ether oxygens (including phenoxy) is 1. The van der Waals surface area contributed by atoms with Gasteiger partial charge in [0.1, 0.15) is 5.75 Å². The maximum absolute atomic E-state index is 12.6. The van der Waals surface area contributed by atoms with Crippen LogP contribution in [0.2, 0.25) is 5.15 Å². The molecule has 10 nitrogen and oxygen atoms in total. The number of aryl methyl sites for hydroxylation is 1. The molecule has 1 aromatic carbocycles. The molecule has 2 heterocycles. The van der Waals surface area contributed by atoms with Crippen molar-refractivity contribution < 1.29 is 19.2 Å². The van der Waals surface area contributed by atoms with Gasteiger partial charge < -0.3 is 31.7 Å². The van der Waals surface area contributed by atoms with E-state index in [4.69, 9.17) is 27.8 Å². The van der Waals surface area contributed by atoms with Crippen LogP contribution in [0.15, 0.2) is 24.3 Å². The Morgan fingerprint density at radius 1 is 1.22 bits per heavy atom. The molecule has 0 aliphatic carbocycles. The minimum absolute atomic E-state index is 0.00460. The van der Waals surface area contributed by atoms with Gasteiger partial charge >= 0.3 is 0 Å². The number of hydrogen-bond donors (Lipinski definition) is 5. The summed E-state index contributed by atoms with van der Waals surface area (Å²) in [5.74, 6) is 1.06. The molecule has 2 amide bonds. The van der Waals surface area contributed by atoms with Crippen molar-refractivity contribution in [3.8, 4) is 5.75 Å². The smallest absolute Gasteiger partial charge is 0.274 e. The molecule has 3 rings (SSSR count). The second kappa shape index (κ2) is 14.1. The van der Waals surface area contributed by atoms with Crippen LogP contribution in [-0.2, 0) is 11.2 Å². The molecule has 1 aliphatic heterocycles. The van der Waals surface area contributed by atoms with E-state index in [1.54, 1.807) is 11.8 Å². The molecule has 0 spiro atoms. The predicted octanol–water partition coefficient (Wildman–Crippen LogP) is 0.562. The number of likely N-dealkylation sites (tertiary alicyclic amines) is 1. The Balaban J connectivity index is 1.38. The number of amides is 2. The number of rotatable bonds is 12. The SMILES string of the molecule is CSCCNC(=O)COc1ccc(CCC[NH+]2CCC[C@H](NC(=O)c3nc(Cl)c(N)nc3N)C2)cc1. The molecule has 1 aliphatic rings. The molecule has 0 bridgehead atoms. The minimum Gasteiger partial charge on any atom is -0.484 e. The molecule has 2 atom stereocenters. The van der Waals surface area contributed by atoms with E-state index < -0.39 is 0 Å². The van der Waals surface area contributed by atoms with Crippen LogP contribution in [0.4, 0.5) is 11.6 Å². The Morgan fingerprint density at radius 3 is 2.75 bits per heavy atom. The lowest BCUT2D eigenvalue weighted by atomic mass is 10.0. The lowest BCUT2D eigenvalue weighted by Crippen LogP contribution is -3.14. The zero-order valence-electron chi connectivity index (χ0n) is 20.5. The van der Waals surface area contributed by atoms with Crippen molar-refractivity contribution in [2.45, 2.75) is 31.7 Å². The second-order valence-electron chi connectivity index (χ2n) is 8.78. The van der Waals surface area contributed by atoms with Gasteiger partial charge in [0.05, 0.1) is 25.7 Å². The monoisotopic (exact) mass is 536 g/mol. The summed E-state index contributed by atoms with van der Waals surface area (Å²) in [6.45, 7) is 3.60. The van der Waals surface area contributed by atoms with Gasteiger partial charge in [0.15, 0.2) is 29.1 Å². The van der Waals surface area contributed by atoms with Gasteiger partial charge in [-0.2, -0.15) is 11.8 Å². The molecule has 36 heavy (non-hydrogen) atoms. The van der Waals surface area contributed by atoms with Crippen LogP contribution in [0.3, 0.4) is 0 Å². The molecule has 12 heteroatoms. The molecule has 0 radical (unpaired) electrons. The van der Waals surface area contributed by atoms with Gasteiger partial charge in [0.25, 0.3) is 11.8 Å². The molecular weight excluding hydrogens is 502 g/mol. The van der Waals surface area contributed by atoms with Crippen molar-refractivity contribution in [1.82, 2.24) is 20.6 Å². The normalized spacial score (nSPS) is 17.4. The lowest BCUT2D eigenvalue weighted by molar-refractivity contribution is -0.906.